The number of benzene rings is 2. The third-order valence-corrected chi connectivity index (χ3v) is 3.59. The van der Waals surface area contributed by atoms with E-state index in [2.05, 4.69) is 10.1 Å². The number of non-ortho nitro benzene ring substituents is 1. The summed E-state index contributed by atoms with van der Waals surface area (Å²) in [5, 5.41) is 13.4. The van der Waals surface area contributed by atoms with Crippen molar-refractivity contribution in [2.45, 2.75) is 13.0 Å². The van der Waals surface area contributed by atoms with E-state index >= 15 is 0 Å². The van der Waals surface area contributed by atoms with E-state index < -0.39 is 40.2 Å². The number of esters is 1. The van der Waals surface area contributed by atoms with Crippen LogP contribution < -0.4 is 5.32 Å². The highest BCUT2D eigenvalue weighted by Crippen LogP contribution is 2.21. The van der Waals surface area contributed by atoms with E-state index in [0.29, 0.717) is 6.07 Å². The van der Waals surface area contributed by atoms with Crippen LogP contribution in [0.15, 0.2) is 36.4 Å². The van der Waals surface area contributed by atoms with E-state index in [0.717, 1.165) is 31.4 Å². The fourth-order valence-electron chi connectivity index (χ4n) is 2.29. The van der Waals surface area contributed by atoms with Gasteiger partial charge in [-0.25, -0.2) is 13.6 Å². The summed E-state index contributed by atoms with van der Waals surface area (Å²) in [5.41, 5.74) is -0.779. The average Bonchev–Trinajstić information content (AvgIpc) is 2.60. The molecule has 0 aliphatic rings. The SMILES string of the molecule is COC(=O)c1cc(C(=O)N[C@@H](C)c2ccc(F)cc2F)cc([N+](=O)[O-])c1. The first-order valence-corrected chi connectivity index (χ1v) is 7.36. The first-order chi connectivity index (χ1) is 12.2. The van der Waals surface area contributed by atoms with Crippen LogP contribution in [-0.2, 0) is 4.74 Å². The lowest BCUT2D eigenvalue weighted by molar-refractivity contribution is -0.384. The Kier molecular flexibility index (Phi) is 5.61. The quantitative estimate of drug-likeness (QED) is 0.499. The second-order valence-electron chi connectivity index (χ2n) is 5.38. The Balaban J connectivity index is 2.32. The maximum Gasteiger partial charge on any atom is 0.338 e. The number of methoxy groups -OCH3 is 1. The molecular formula is C17H14F2N2O5. The number of nitrogens with one attached hydrogen (secondary N) is 1. The monoisotopic (exact) mass is 364 g/mol. The van der Waals surface area contributed by atoms with Gasteiger partial charge in [0.25, 0.3) is 11.6 Å². The molecule has 0 saturated carbocycles. The predicted molar refractivity (Wildman–Crippen MR) is 86.7 cm³/mol. The highest BCUT2D eigenvalue weighted by Gasteiger charge is 2.20. The zero-order valence-electron chi connectivity index (χ0n) is 13.8. The molecule has 2 rings (SSSR count). The highest BCUT2D eigenvalue weighted by atomic mass is 19.1. The summed E-state index contributed by atoms with van der Waals surface area (Å²) in [6.45, 7) is 1.47. The molecule has 0 spiro atoms. The molecule has 0 saturated heterocycles. The van der Waals surface area contributed by atoms with Gasteiger partial charge in [-0.2, -0.15) is 0 Å². The number of rotatable bonds is 5. The van der Waals surface area contributed by atoms with Crippen molar-refractivity contribution in [3.8, 4) is 0 Å². The van der Waals surface area contributed by atoms with Crippen LogP contribution in [0.25, 0.3) is 0 Å². The molecule has 2 aromatic rings. The molecule has 2 aromatic carbocycles. The third-order valence-electron chi connectivity index (χ3n) is 3.59. The minimum Gasteiger partial charge on any atom is -0.465 e. The maximum atomic E-state index is 13.8. The minimum absolute atomic E-state index is 0.0402. The number of carbonyl (C=O) groups excluding carboxylic acids is 2. The highest BCUT2D eigenvalue weighted by molar-refractivity contribution is 5.99. The van der Waals surface area contributed by atoms with Crippen LogP contribution in [0, 0.1) is 21.7 Å². The summed E-state index contributed by atoms with van der Waals surface area (Å²) in [4.78, 5) is 34.2. The van der Waals surface area contributed by atoms with Crippen LogP contribution in [0.1, 0.15) is 39.2 Å². The summed E-state index contributed by atoms with van der Waals surface area (Å²) in [5.74, 6) is -3.21. The van der Waals surface area contributed by atoms with Crippen molar-refractivity contribution in [3.63, 3.8) is 0 Å². The molecule has 0 unspecified atom stereocenters. The molecule has 9 heteroatoms. The molecule has 0 aromatic heterocycles. The van der Waals surface area contributed by atoms with Gasteiger partial charge in [-0.1, -0.05) is 6.07 Å². The van der Waals surface area contributed by atoms with E-state index in [1.165, 1.54) is 13.0 Å². The van der Waals surface area contributed by atoms with Gasteiger partial charge in [0.1, 0.15) is 11.6 Å². The molecule has 7 nitrogen and oxygen atoms in total. The van der Waals surface area contributed by atoms with Crippen molar-refractivity contribution in [2.24, 2.45) is 0 Å². The Labute approximate surface area is 146 Å². The third kappa shape index (κ3) is 4.18. The van der Waals surface area contributed by atoms with Gasteiger partial charge in [0.05, 0.1) is 23.6 Å². The molecule has 1 atom stereocenters. The number of hydrogen-bond acceptors (Lipinski definition) is 5. The minimum atomic E-state index is -0.847. The standard InChI is InChI=1S/C17H14F2N2O5/c1-9(14-4-3-12(18)8-15(14)19)20-16(22)10-5-11(17(23)26-2)7-13(6-10)21(24)25/h3-9H,1-2H3,(H,20,22)/t9-/m0/s1. The lowest BCUT2D eigenvalue weighted by atomic mass is 10.1. The van der Waals surface area contributed by atoms with Gasteiger partial charge in [-0.05, 0) is 19.1 Å². The van der Waals surface area contributed by atoms with Crippen LogP contribution in [0.2, 0.25) is 0 Å². The van der Waals surface area contributed by atoms with Gasteiger partial charge in [0.15, 0.2) is 0 Å². The Hall–Kier alpha value is -3.36. The van der Waals surface area contributed by atoms with E-state index in [4.69, 9.17) is 0 Å². The average molecular weight is 364 g/mol. The summed E-state index contributed by atoms with van der Waals surface area (Å²) >= 11 is 0. The molecule has 0 heterocycles. The van der Waals surface area contributed by atoms with Crippen molar-refractivity contribution in [2.75, 3.05) is 7.11 Å². The molecular weight excluding hydrogens is 350 g/mol. The summed E-state index contributed by atoms with van der Waals surface area (Å²) in [6, 6.07) is 5.15. The second kappa shape index (κ2) is 7.68. The summed E-state index contributed by atoms with van der Waals surface area (Å²) in [6.07, 6.45) is 0. The Morgan fingerprint density at radius 3 is 2.38 bits per heavy atom. The Morgan fingerprint density at radius 1 is 1.15 bits per heavy atom. The van der Waals surface area contributed by atoms with Crippen molar-refractivity contribution < 1.29 is 28.0 Å². The van der Waals surface area contributed by atoms with E-state index in [1.54, 1.807) is 0 Å². The Bertz CT molecular complexity index is 885. The lowest BCUT2D eigenvalue weighted by Gasteiger charge is -2.15. The maximum absolute atomic E-state index is 13.8. The van der Waals surface area contributed by atoms with E-state index in [1.807, 2.05) is 0 Å². The first-order valence-electron chi connectivity index (χ1n) is 7.36. The van der Waals surface area contributed by atoms with E-state index in [-0.39, 0.29) is 16.7 Å². The van der Waals surface area contributed by atoms with E-state index in [9.17, 15) is 28.5 Å². The zero-order chi connectivity index (χ0) is 19.4. The number of nitrogens with zero attached hydrogens (tertiary/aromatic N) is 1. The molecule has 0 aliphatic heterocycles. The number of carbonyl (C=O) groups is 2. The molecule has 1 amide bonds. The van der Waals surface area contributed by atoms with Crippen molar-refractivity contribution in [1.82, 2.24) is 5.32 Å². The zero-order valence-corrected chi connectivity index (χ0v) is 13.8. The molecule has 0 aliphatic carbocycles. The largest absolute Gasteiger partial charge is 0.465 e. The second-order valence-corrected chi connectivity index (χ2v) is 5.38. The summed E-state index contributed by atoms with van der Waals surface area (Å²) in [7, 11) is 1.10. The van der Waals surface area contributed by atoms with Crippen LogP contribution in [0.3, 0.4) is 0 Å². The number of hydrogen-bond donors (Lipinski definition) is 1. The van der Waals surface area contributed by atoms with Gasteiger partial charge in [0.2, 0.25) is 0 Å². The smallest absolute Gasteiger partial charge is 0.338 e. The molecule has 0 fully saturated rings. The van der Waals surface area contributed by atoms with Gasteiger partial charge < -0.3 is 10.1 Å². The number of halogens is 2. The number of nitro groups is 1. The molecule has 0 radical (unpaired) electrons. The molecule has 0 bridgehead atoms. The van der Waals surface area contributed by atoms with Crippen molar-refractivity contribution in [1.29, 1.82) is 0 Å². The first kappa shape index (κ1) is 19.0. The fourth-order valence-corrected chi connectivity index (χ4v) is 2.29. The number of nitro benzene ring substituents is 1. The molecule has 1 N–H and O–H groups in total. The van der Waals surface area contributed by atoms with Crippen molar-refractivity contribution in [3.05, 3.63) is 74.8 Å². The van der Waals surface area contributed by atoms with Gasteiger partial charge in [-0.15, -0.1) is 0 Å². The predicted octanol–water partition coefficient (Wildman–Crippen LogP) is 3.15. The molecule has 26 heavy (non-hydrogen) atoms. The van der Waals surface area contributed by atoms with Crippen molar-refractivity contribution >= 4 is 17.6 Å². The topological polar surface area (TPSA) is 98.5 Å². The normalized spacial score (nSPS) is 11.5. The van der Waals surface area contributed by atoms with Crippen LogP contribution in [-0.4, -0.2) is 23.9 Å². The van der Waals surface area contributed by atoms with Crippen LogP contribution >= 0.6 is 0 Å². The Morgan fingerprint density at radius 2 is 1.81 bits per heavy atom. The van der Waals surface area contributed by atoms with Crippen LogP contribution in [0.5, 0.6) is 0 Å². The van der Waals surface area contributed by atoms with Gasteiger partial charge in [0, 0.05) is 29.3 Å². The fraction of sp³-hybridized carbons (Fsp3) is 0.176. The van der Waals surface area contributed by atoms with Gasteiger partial charge >= 0.3 is 5.97 Å². The lowest BCUT2D eigenvalue weighted by Crippen LogP contribution is -2.27. The number of ether oxygens (including phenoxy) is 1. The number of amides is 1. The van der Waals surface area contributed by atoms with Crippen LogP contribution in [0.4, 0.5) is 14.5 Å². The summed E-state index contributed by atoms with van der Waals surface area (Å²) < 4.78 is 31.3. The van der Waals surface area contributed by atoms with Gasteiger partial charge in [-0.3, -0.25) is 14.9 Å². The molecule has 136 valence electrons.